The maximum absolute atomic E-state index is 12.5. The van der Waals surface area contributed by atoms with Gasteiger partial charge in [-0.3, -0.25) is 14.3 Å². The standard InChI is InChI=1S/C17H23N3O6S/c1-20(2)16(24)17(8-9-17)15(23)18-13(14(21)22)10-11-4-6-12(7-5-11)19-27(3,25)26/h4-7,13,19H,8-10H2,1-3H3,(H,18,23)(H,21,22). The van der Waals surface area contributed by atoms with Gasteiger partial charge in [0.15, 0.2) is 0 Å². The summed E-state index contributed by atoms with van der Waals surface area (Å²) in [7, 11) is -0.300. The first kappa shape index (κ1) is 20.7. The highest BCUT2D eigenvalue weighted by Crippen LogP contribution is 2.47. The molecule has 1 fully saturated rings. The van der Waals surface area contributed by atoms with E-state index in [2.05, 4.69) is 10.0 Å². The predicted molar refractivity (Wildman–Crippen MR) is 98.5 cm³/mol. The van der Waals surface area contributed by atoms with Gasteiger partial charge in [0.25, 0.3) is 0 Å². The monoisotopic (exact) mass is 397 g/mol. The Labute approximate surface area is 157 Å². The smallest absolute Gasteiger partial charge is 0.326 e. The van der Waals surface area contributed by atoms with Crippen LogP contribution in [0.15, 0.2) is 24.3 Å². The van der Waals surface area contributed by atoms with E-state index >= 15 is 0 Å². The Morgan fingerprint density at radius 1 is 1.19 bits per heavy atom. The highest BCUT2D eigenvalue weighted by Gasteiger charge is 2.57. The molecule has 0 saturated heterocycles. The maximum Gasteiger partial charge on any atom is 0.326 e. The summed E-state index contributed by atoms with van der Waals surface area (Å²) >= 11 is 0. The van der Waals surface area contributed by atoms with E-state index in [1.165, 1.54) is 17.0 Å². The van der Waals surface area contributed by atoms with E-state index in [0.717, 1.165) is 6.26 Å². The zero-order chi connectivity index (χ0) is 20.4. The van der Waals surface area contributed by atoms with Crippen LogP contribution in [0.25, 0.3) is 0 Å². The number of hydrogen-bond donors (Lipinski definition) is 3. The molecule has 9 nitrogen and oxygen atoms in total. The van der Waals surface area contributed by atoms with Gasteiger partial charge in [-0.2, -0.15) is 0 Å². The SMILES string of the molecule is CN(C)C(=O)C1(C(=O)NC(Cc2ccc(NS(C)(=O)=O)cc2)C(=O)O)CC1. The van der Waals surface area contributed by atoms with Crippen LogP contribution in [0.4, 0.5) is 5.69 Å². The van der Waals surface area contributed by atoms with Crippen molar-refractivity contribution >= 4 is 33.5 Å². The van der Waals surface area contributed by atoms with Crippen molar-refractivity contribution in [2.45, 2.75) is 25.3 Å². The minimum absolute atomic E-state index is 0.00641. The van der Waals surface area contributed by atoms with Gasteiger partial charge in [0.1, 0.15) is 11.5 Å². The third kappa shape index (κ3) is 5.19. The number of nitrogens with zero attached hydrogens (tertiary/aromatic N) is 1. The van der Waals surface area contributed by atoms with Gasteiger partial charge in [-0.25, -0.2) is 13.2 Å². The van der Waals surface area contributed by atoms with Crippen molar-refractivity contribution in [3.05, 3.63) is 29.8 Å². The summed E-state index contributed by atoms with van der Waals surface area (Å²) in [6, 6.07) is 4.98. The lowest BCUT2D eigenvalue weighted by atomic mass is 10.0. The van der Waals surface area contributed by atoms with E-state index in [1.54, 1.807) is 26.2 Å². The van der Waals surface area contributed by atoms with Crippen molar-refractivity contribution in [3.8, 4) is 0 Å². The second kappa shape index (κ2) is 7.55. The average Bonchev–Trinajstić information content (AvgIpc) is 3.35. The zero-order valence-electron chi connectivity index (χ0n) is 15.4. The molecule has 0 bridgehead atoms. The van der Waals surface area contributed by atoms with Gasteiger partial charge >= 0.3 is 5.97 Å². The van der Waals surface area contributed by atoms with Crippen LogP contribution in [0.5, 0.6) is 0 Å². The van der Waals surface area contributed by atoms with Crippen molar-refractivity contribution in [2.24, 2.45) is 5.41 Å². The molecule has 148 valence electrons. The molecule has 2 rings (SSSR count). The van der Waals surface area contributed by atoms with E-state index in [1.807, 2.05) is 0 Å². The minimum Gasteiger partial charge on any atom is -0.480 e. The molecule has 0 spiro atoms. The van der Waals surface area contributed by atoms with Crippen molar-refractivity contribution in [1.29, 1.82) is 0 Å². The number of hydrogen-bond acceptors (Lipinski definition) is 5. The summed E-state index contributed by atoms with van der Waals surface area (Å²) in [5.41, 5.74) is -0.211. The van der Waals surface area contributed by atoms with Crippen molar-refractivity contribution < 1.29 is 27.9 Å². The maximum atomic E-state index is 12.5. The van der Waals surface area contributed by atoms with Crippen LogP contribution in [0.1, 0.15) is 18.4 Å². The van der Waals surface area contributed by atoms with Crippen LogP contribution < -0.4 is 10.0 Å². The van der Waals surface area contributed by atoms with Crippen LogP contribution in [0.3, 0.4) is 0 Å². The Bertz CT molecular complexity index is 844. The van der Waals surface area contributed by atoms with Gasteiger partial charge in [-0.05, 0) is 30.5 Å². The molecular weight excluding hydrogens is 374 g/mol. The third-order valence-electron chi connectivity index (χ3n) is 4.30. The molecule has 1 aromatic carbocycles. The van der Waals surface area contributed by atoms with Gasteiger partial charge in [0.2, 0.25) is 21.8 Å². The molecule has 1 aromatic rings. The Kier molecular flexibility index (Phi) is 5.79. The highest BCUT2D eigenvalue weighted by molar-refractivity contribution is 7.92. The fourth-order valence-electron chi connectivity index (χ4n) is 2.75. The first-order valence-electron chi connectivity index (χ1n) is 8.27. The average molecular weight is 397 g/mol. The second-order valence-electron chi connectivity index (χ2n) is 6.92. The largest absolute Gasteiger partial charge is 0.480 e. The molecule has 1 aliphatic rings. The van der Waals surface area contributed by atoms with Gasteiger partial charge in [-0.1, -0.05) is 12.1 Å². The fourth-order valence-corrected chi connectivity index (χ4v) is 3.31. The normalized spacial score (nSPS) is 16.1. The number of rotatable bonds is 8. The number of carboxylic acids is 1. The molecule has 1 atom stereocenters. The van der Waals surface area contributed by atoms with Gasteiger partial charge < -0.3 is 15.3 Å². The quantitative estimate of drug-likeness (QED) is 0.531. The summed E-state index contributed by atoms with van der Waals surface area (Å²) in [5, 5.41) is 11.9. The van der Waals surface area contributed by atoms with E-state index in [0.29, 0.717) is 24.1 Å². The molecule has 1 saturated carbocycles. The molecule has 3 N–H and O–H groups in total. The summed E-state index contributed by atoms with van der Waals surface area (Å²) in [6.07, 6.45) is 1.83. The van der Waals surface area contributed by atoms with Gasteiger partial charge in [0, 0.05) is 26.2 Å². The topological polar surface area (TPSA) is 133 Å². The van der Waals surface area contributed by atoms with E-state index < -0.39 is 33.4 Å². The van der Waals surface area contributed by atoms with Crippen LogP contribution in [0.2, 0.25) is 0 Å². The Morgan fingerprint density at radius 2 is 1.74 bits per heavy atom. The lowest BCUT2D eigenvalue weighted by Gasteiger charge is -2.22. The fraction of sp³-hybridized carbons (Fsp3) is 0.471. The van der Waals surface area contributed by atoms with Gasteiger partial charge in [0.05, 0.1) is 6.26 Å². The summed E-state index contributed by atoms with van der Waals surface area (Å²) < 4.78 is 24.7. The number of aliphatic carboxylic acids is 1. The number of carbonyl (C=O) groups excluding carboxylic acids is 2. The minimum atomic E-state index is -3.40. The lowest BCUT2D eigenvalue weighted by molar-refractivity contribution is -0.147. The zero-order valence-corrected chi connectivity index (χ0v) is 16.2. The Morgan fingerprint density at radius 3 is 2.15 bits per heavy atom. The molecule has 0 aromatic heterocycles. The summed E-state index contributed by atoms with van der Waals surface area (Å²) in [6.45, 7) is 0. The summed E-state index contributed by atoms with van der Waals surface area (Å²) in [4.78, 5) is 37.6. The van der Waals surface area contributed by atoms with Crippen LogP contribution in [-0.4, -0.2) is 62.6 Å². The Hall–Kier alpha value is -2.62. The van der Waals surface area contributed by atoms with Crippen molar-refractivity contribution in [2.75, 3.05) is 25.1 Å². The molecular formula is C17H23N3O6S. The van der Waals surface area contributed by atoms with E-state index in [-0.39, 0.29) is 12.3 Å². The molecule has 1 unspecified atom stereocenters. The molecule has 0 radical (unpaired) electrons. The predicted octanol–water partition coefficient (Wildman–Crippen LogP) is 0.0384. The number of carbonyl (C=O) groups is 3. The van der Waals surface area contributed by atoms with Crippen LogP contribution in [0, 0.1) is 5.41 Å². The van der Waals surface area contributed by atoms with Crippen LogP contribution in [-0.2, 0) is 30.8 Å². The molecule has 0 aliphatic heterocycles. The van der Waals surface area contributed by atoms with E-state index in [4.69, 9.17) is 0 Å². The number of carboxylic acid groups (broad SMARTS) is 1. The number of sulfonamides is 1. The lowest BCUT2D eigenvalue weighted by Crippen LogP contribution is -2.49. The first-order valence-corrected chi connectivity index (χ1v) is 10.2. The van der Waals surface area contributed by atoms with Crippen molar-refractivity contribution in [1.82, 2.24) is 10.2 Å². The number of amides is 2. The molecule has 1 aliphatic carbocycles. The molecule has 27 heavy (non-hydrogen) atoms. The summed E-state index contributed by atoms with van der Waals surface area (Å²) in [5.74, 6) is -2.13. The highest BCUT2D eigenvalue weighted by atomic mass is 32.2. The van der Waals surface area contributed by atoms with Crippen LogP contribution >= 0.6 is 0 Å². The second-order valence-corrected chi connectivity index (χ2v) is 8.67. The number of anilines is 1. The van der Waals surface area contributed by atoms with Gasteiger partial charge in [-0.15, -0.1) is 0 Å². The van der Waals surface area contributed by atoms with E-state index in [9.17, 15) is 27.9 Å². The first-order chi connectivity index (χ1) is 12.4. The molecule has 2 amide bonds. The molecule has 0 heterocycles. The Balaban J connectivity index is 2.07. The molecule has 10 heteroatoms. The number of nitrogens with one attached hydrogen (secondary N) is 2. The number of benzene rings is 1. The van der Waals surface area contributed by atoms with Crippen molar-refractivity contribution in [3.63, 3.8) is 0 Å². The third-order valence-corrected chi connectivity index (χ3v) is 4.91.